The molecule has 0 saturated heterocycles. The summed E-state index contributed by atoms with van der Waals surface area (Å²) in [4.78, 5) is 24.5. The van der Waals surface area contributed by atoms with Crippen LogP contribution in [0, 0.1) is 6.92 Å². The monoisotopic (exact) mass is 368 g/mol. The van der Waals surface area contributed by atoms with E-state index in [4.69, 9.17) is 0 Å². The van der Waals surface area contributed by atoms with Gasteiger partial charge in [-0.3, -0.25) is 9.48 Å². The van der Waals surface area contributed by atoms with Gasteiger partial charge in [0.25, 0.3) is 5.91 Å². The molecule has 7 heteroatoms. The molecule has 1 atom stereocenters. The third kappa shape index (κ3) is 3.72. The minimum atomic E-state index is -1.07. The van der Waals surface area contributed by atoms with E-state index >= 15 is 0 Å². The van der Waals surface area contributed by atoms with Crippen LogP contribution in [-0.2, 0) is 18.3 Å². The first kappa shape index (κ1) is 18.7. The maximum absolute atomic E-state index is 12.8. The van der Waals surface area contributed by atoms with Gasteiger partial charge in [-0.15, -0.1) is 0 Å². The van der Waals surface area contributed by atoms with Gasteiger partial charge in [0.05, 0.1) is 5.69 Å². The molecule has 0 radical (unpaired) electrons. The van der Waals surface area contributed by atoms with Crippen molar-refractivity contribution in [2.75, 3.05) is 0 Å². The van der Waals surface area contributed by atoms with Crippen LogP contribution < -0.4 is 5.32 Å². The van der Waals surface area contributed by atoms with Gasteiger partial charge in [-0.05, 0) is 44.5 Å². The maximum atomic E-state index is 12.8. The second-order valence-corrected chi connectivity index (χ2v) is 7.04. The van der Waals surface area contributed by atoms with E-state index < -0.39 is 17.9 Å². The summed E-state index contributed by atoms with van der Waals surface area (Å²) < 4.78 is 3.72. The molecule has 3 aromatic rings. The predicted molar refractivity (Wildman–Crippen MR) is 103 cm³/mol. The minimum Gasteiger partial charge on any atom is -0.480 e. The lowest BCUT2D eigenvalue weighted by atomic mass is 10.1. The standard InChI is InChI=1S/C20H24N4O3/c1-12(2)24-9-8-15-16(6-5-7-18(15)24)19(25)21-17(20(26)27)10-14-11-23(4)22-13(14)3/h5-9,11-12,17H,10H2,1-4H3,(H,21,25)(H,26,27). The summed E-state index contributed by atoms with van der Waals surface area (Å²) >= 11 is 0. The van der Waals surface area contributed by atoms with E-state index in [2.05, 4.69) is 28.8 Å². The quantitative estimate of drug-likeness (QED) is 0.700. The van der Waals surface area contributed by atoms with Gasteiger partial charge in [0.15, 0.2) is 0 Å². The van der Waals surface area contributed by atoms with Crippen LogP contribution in [0.4, 0.5) is 0 Å². The van der Waals surface area contributed by atoms with E-state index in [-0.39, 0.29) is 12.5 Å². The summed E-state index contributed by atoms with van der Waals surface area (Å²) in [5.41, 5.74) is 2.98. The molecule has 1 aromatic carbocycles. The van der Waals surface area contributed by atoms with E-state index in [9.17, 15) is 14.7 Å². The molecule has 2 heterocycles. The number of amides is 1. The Morgan fingerprint density at radius 1 is 1.26 bits per heavy atom. The predicted octanol–water partition coefficient (Wildman–Crippen LogP) is 2.69. The Hall–Kier alpha value is -3.09. The van der Waals surface area contributed by atoms with E-state index in [1.54, 1.807) is 24.0 Å². The Morgan fingerprint density at radius 3 is 2.59 bits per heavy atom. The second-order valence-electron chi connectivity index (χ2n) is 7.04. The number of nitrogens with one attached hydrogen (secondary N) is 1. The summed E-state index contributed by atoms with van der Waals surface area (Å²) in [5.74, 6) is -1.46. The van der Waals surface area contributed by atoms with Crippen molar-refractivity contribution in [3.05, 3.63) is 53.5 Å². The lowest BCUT2D eigenvalue weighted by Crippen LogP contribution is -2.42. The number of hydrogen-bond donors (Lipinski definition) is 2. The van der Waals surface area contributed by atoms with Crippen LogP contribution in [0.5, 0.6) is 0 Å². The lowest BCUT2D eigenvalue weighted by Gasteiger charge is -2.15. The Morgan fingerprint density at radius 2 is 2.00 bits per heavy atom. The van der Waals surface area contributed by atoms with Crippen LogP contribution in [0.15, 0.2) is 36.7 Å². The first-order valence-corrected chi connectivity index (χ1v) is 8.90. The highest BCUT2D eigenvalue weighted by molar-refractivity contribution is 6.07. The summed E-state index contributed by atoms with van der Waals surface area (Å²) in [5, 5.41) is 17.3. The smallest absolute Gasteiger partial charge is 0.326 e. The van der Waals surface area contributed by atoms with Crippen molar-refractivity contribution in [1.29, 1.82) is 0 Å². The first-order chi connectivity index (χ1) is 12.8. The van der Waals surface area contributed by atoms with Crippen molar-refractivity contribution >= 4 is 22.8 Å². The average molecular weight is 368 g/mol. The second kappa shape index (κ2) is 7.26. The molecule has 142 valence electrons. The SMILES string of the molecule is Cc1nn(C)cc1CC(NC(=O)c1cccc2c1ccn2C(C)C)C(=O)O. The summed E-state index contributed by atoms with van der Waals surface area (Å²) in [6.07, 6.45) is 3.91. The van der Waals surface area contributed by atoms with Crippen molar-refractivity contribution < 1.29 is 14.7 Å². The van der Waals surface area contributed by atoms with Crippen LogP contribution >= 0.6 is 0 Å². The topological polar surface area (TPSA) is 89.2 Å². The number of carbonyl (C=O) groups is 2. The van der Waals surface area contributed by atoms with Gasteiger partial charge in [0.1, 0.15) is 6.04 Å². The summed E-state index contributed by atoms with van der Waals surface area (Å²) in [6, 6.07) is 6.63. The molecule has 0 aliphatic rings. The van der Waals surface area contributed by atoms with Gasteiger partial charge in [-0.25, -0.2) is 4.79 Å². The number of aryl methyl sites for hydroxylation is 2. The zero-order chi connectivity index (χ0) is 19.7. The molecule has 1 amide bonds. The zero-order valence-corrected chi connectivity index (χ0v) is 15.9. The molecule has 2 N–H and O–H groups in total. The van der Waals surface area contributed by atoms with Crippen LogP contribution in [0.1, 0.15) is 41.5 Å². The van der Waals surface area contributed by atoms with Gasteiger partial charge in [0, 0.05) is 48.4 Å². The third-order valence-electron chi connectivity index (χ3n) is 4.71. The Kier molecular flexibility index (Phi) is 5.03. The Balaban J connectivity index is 1.87. The van der Waals surface area contributed by atoms with Crippen LogP contribution in [0.3, 0.4) is 0 Å². The number of carboxylic acid groups (broad SMARTS) is 1. The molecule has 2 aromatic heterocycles. The number of fused-ring (bicyclic) bond motifs is 1. The molecule has 0 saturated carbocycles. The molecule has 3 rings (SSSR count). The zero-order valence-electron chi connectivity index (χ0n) is 15.9. The number of benzene rings is 1. The maximum Gasteiger partial charge on any atom is 0.326 e. The van der Waals surface area contributed by atoms with Crippen molar-refractivity contribution in [3.63, 3.8) is 0 Å². The van der Waals surface area contributed by atoms with Crippen molar-refractivity contribution in [1.82, 2.24) is 19.7 Å². The highest BCUT2D eigenvalue weighted by Crippen LogP contribution is 2.23. The summed E-state index contributed by atoms with van der Waals surface area (Å²) in [7, 11) is 1.78. The molecule has 27 heavy (non-hydrogen) atoms. The van der Waals surface area contributed by atoms with Gasteiger partial charge in [-0.2, -0.15) is 5.10 Å². The fourth-order valence-electron chi connectivity index (χ4n) is 3.34. The highest BCUT2D eigenvalue weighted by Gasteiger charge is 2.24. The molecule has 0 aliphatic carbocycles. The largest absolute Gasteiger partial charge is 0.480 e. The van der Waals surface area contributed by atoms with Crippen LogP contribution in [0.2, 0.25) is 0 Å². The third-order valence-corrected chi connectivity index (χ3v) is 4.71. The number of rotatable bonds is 6. The minimum absolute atomic E-state index is 0.184. The molecular weight excluding hydrogens is 344 g/mol. The normalized spacial score (nSPS) is 12.5. The van der Waals surface area contributed by atoms with Crippen molar-refractivity contribution in [2.24, 2.45) is 7.05 Å². The van der Waals surface area contributed by atoms with Crippen molar-refractivity contribution in [2.45, 2.75) is 39.3 Å². The number of nitrogens with zero attached hydrogens (tertiary/aromatic N) is 3. The summed E-state index contributed by atoms with van der Waals surface area (Å²) in [6.45, 7) is 5.97. The number of hydrogen-bond acceptors (Lipinski definition) is 3. The van der Waals surface area contributed by atoms with E-state index in [1.807, 2.05) is 31.3 Å². The fourth-order valence-corrected chi connectivity index (χ4v) is 3.34. The number of carboxylic acids is 1. The molecular formula is C20H24N4O3. The molecule has 0 spiro atoms. The van der Waals surface area contributed by atoms with Crippen molar-refractivity contribution in [3.8, 4) is 0 Å². The average Bonchev–Trinajstić information content (AvgIpc) is 3.16. The number of carbonyl (C=O) groups excluding carboxylic acids is 1. The lowest BCUT2D eigenvalue weighted by molar-refractivity contribution is -0.139. The van der Waals surface area contributed by atoms with Crippen LogP contribution in [-0.4, -0.2) is 37.4 Å². The van der Waals surface area contributed by atoms with Crippen LogP contribution in [0.25, 0.3) is 10.9 Å². The van der Waals surface area contributed by atoms with Gasteiger partial charge >= 0.3 is 5.97 Å². The molecule has 0 bridgehead atoms. The number of aromatic nitrogens is 3. The molecule has 0 fully saturated rings. The van der Waals surface area contributed by atoms with E-state index in [1.165, 1.54) is 0 Å². The van der Waals surface area contributed by atoms with E-state index in [0.29, 0.717) is 5.56 Å². The number of aliphatic carboxylic acids is 1. The first-order valence-electron chi connectivity index (χ1n) is 8.90. The molecule has 0 aliphatic heterocycles. The van der Waals surface area contributed by atoms with Gasteiger partial charge < -0.3 is 15.0 Å². The highest BCUT2D eigenvalue weighted by atomic mass is 16.4. The Bertz CT molecular complexity index is 1000. The Labute approximate surface area is 157 Å². The van der Waals surface area contributed by atoms with Gasteiger partial charge in [0.2, 0.25) is 0 Å². The van der Waals surface area contributed by atoms with E-state index in [0.717, 1.165) is 22.2 Å². The fraction of sp³-hybridized carbons (Fsp3) is 0.350. The molecule has 1 unspecified atom stereocenters. The van der Waals surface area contributed by atoms with Gasteiger partial charge in [-0.1, -0.05) is 6.07 Å². The molecule has 7 nitrogen and oxygen atoms in total.